The number of hydrogen-bond donors (Lipinski definition) is 3. The smallest absolute Gasteiger partial charge is 0.256 e. The minimum atomic E-state index is -0.188. The second-order valence-electron chi connectivity index (χ2n) is 6.30. The van der Waals surface area contributed by atoms with Crippen molar-refractivity contribution in [3.8, 4) is 0 Å². The highest BCUT2D eigenvalue weighted by atomic mass is 35.5. The first-order valence-corrected chi connectivity index (χ1v) is 9.07. The number of amides is 2. The van der Waals surface area contributed by atoms with E-state index >= 15 is 0 Å². The third-order valence-corrected chi connectivity index (χ3v) is 4.24. The van der Waals surface area contributed by atoms with Crippen molar-refractivity contribution >= 4 is 35.6 Å². The van der Waals surface area contributed by atoms with Gasteiger partial charge in [0.05, 0.1) is 0 Å². The highest BCUT2D eigenvalue weighted by Crippen LogP contribution is 2.21. The number of nitrogens with one attached hydrogen (secondary N) is 2. The molecule has 2 aromatic rings. The van der Waals surface area contributed by atoms with E-state index in [4.69, 9.17) is 5.73 Å². The fraction of sp³-hybridized carbons (Fsp3) is 0.333. The van der Waals surface area contributed by atoms with Crippen LogP contribution in [0.5, 0.6) is 0 Å². The van der Waals surface area contributed by atoms with Gasteiger partial charge in [-0.25, -0.2) is 0 Å². The van der Waals surface area contributed by atoms with Gasteiger partial charge in [0.15, 0.2) is 0 Å². The lowest BCUT2D eigenvalue weighted by atomic mass is 10.1. The number of unbranched alkanes of at least 4 members (excludes halogenated alkanes) is 3. The van der Waals surface area contributed by atoms with Crippen LogP contribution in [0.4, 0.5) is 11.4 Å². The molecule has 4 N–H and O–H groups in total. The van der Waals surface area contributed by atoms with Gasteiger partial charge in [0.2, 0.25) is 5.91 Å². The molecule has 27 heavy (non-hydrogen) atoms. The summed E-state index contributed by atoms with van der Waals surface area (Å²) < 4.78 is 0. The molecule has 146 valence electrons. The Kier molecular flexibility index (Phi) is 10.2. The molecule has 0 saturated carbocycles. The molecule has 0 unspecified atom stereocenters. The summed E-state index contributed by atoms with van der Waals surface area (Å²) in [7, 11) is 0. The summed E-state index contributed by atoms with van der Waals surface area (Å²) in [6.07, 6.45) is 4.38. The minimum Gasteiger partial charge on any atom is -0.330 e. The normalized spacial score (nSPS) is 10.0. The average Bonchev–Trinajstić information content (AvgIpc) is 2.64. The van der Waals surface area contributed by atoms with E-state index in [0.29, 0.717) is 24.2 Å². The van der Waals surface area contributed by atoms with Gasteiger partial charge < -0.3 is 16.4 Å². The Morgan fingerprint density at radius 2 is 1.59 bits per heavy atom. The first-order chi connectivity index (χ1) is 12.6. The van der Waals surface area contributed by atoms with Crippen LogP contribution < -0.4 is 16.4 Å². The molecule has 0 spiro atoms. The van der Waals surface area contributed by atoms with Crippen LogP contribution in [0.3, 0.4) is 0 Å². The number of hydrogen-bond acceptors (Lipinski definition) is 3. The molecule has 5 nitrogen and oxygen atoms in total. The largest absolute Gasteiger partial charge is 0.330 e. The number of nitrogens with two attached hydrogens (primary N) is 1. The number of rotatable bonds is 9. The van der Waals surface area contributed by atoms with Crippen LogP contribution in [-0.4, -0.2) is 18.4 Å². The Balaban J connectivity index is 0.00000364. The van der Waals surface area contributed by atoms with Crippen molar-refractivity contribution in [1.29, 1.82) is 0 Å². The zero-order valence-electron chi connectivity index (χ0n) is 15.7. The van der Waals surface area contributed by atoms with Gasteiger partial charge in [-0.05, 0) is 56.1 Å². The molecule has 0 saturated heterocycles. The Hall–Kier alpha value is -2.37. The number of carbonyl (C=O) groups is 2. The van der Waals surface area contributed by atoms with E-state index in [9.17, 15) is 9.59 Å². The third-order valence-electron chi connectivity index (χ3n) is 4.24. The van der Waals surface area contributed by atoms with Crippen LogP contribution in [0.2, 0.25) is 0 Å². The van der Waals surface area contributed by atoms with Gasteiger partial charge in [-0.15, -0.1) is 12.4 Å². The van der Waals surface area contributed by atoms with Crippen LogP contribution >= 0.6 is 12.4 Å². The minimum absolute atomic E-state index is 0. The van der Waals surface area contributed by atoms with Gasteiger partial charge >= 0.3 is 0 Å². The van der Waals surface area contributed by atoms with Gasteiger partial charge in [0.1, 0.15) is 0 Å². The fourth-order valence-electron chi connectivity index (χ4n) is 2.73. The summed E-state index contributed by atoms with van der Waals surface area (Å²) >= 11 is 0. The molecule has 0 aromatic heterocycles. The molecule has 0 atom stereocenters. The lowest BCUT2D eigenvalue weighted by Crippen LogP contribution is -2.16. The van der Waals surface area contributed by atoms with Crippen LogP contribution in [-0.2, 0) is 4.79 Å². The van der Waals surface area contributed by atoms with Gasteiger partial charge in [0, 0.05) is 23.4 Å². The van der Waals surface area contributed by atoms with E-state index in [0.717, 1.165) is 36.9 Å². The maximum Gasteiger partial charge on any atom is 0.256 e. The lowest BCUT2D eigenvalue weighted by molar-refractivity contribution is -0.116. The molecule has 2 rings (SSSR count). The van der Waals surface area contributed by atoms with E-state index < -0.39 is 0 Å². The SMILES string of the molecule is Cc1c(NC(=O)CCCCCCN)cccc1C(=O)Nc1ccccc1.Cl. The Bertz CT molecular complexity index is 735. The lowest BCUT2D eigenvalue weighted by Gasteiger charge is -2.13. The zero-order chi connectivity index (χ0) is 18.8. The summed E-state index contributed by atoms with van der Waals surface area (Å²) in [6.45, 7) is 2.54. The summed E-state index contributed by atoms with van der Waals surface area (Å²) in [5.74, 6) is -0.215. The Labute approximate surface area is 167 Å². The highest BCUT2D eigenvalue weighted by Gasteiger charge is 2.13. The molecule has 0 aliphatic heterocycles. The first kappa shape index (κ1) is 22.7. The maximum absolute atomic E-state index is 12.5. The van der Waals surface area contributed by atoms with E-state index in [2.05, 4.69) is 10.6 Å². The van der Waals surface area contributed by atoms with Crippen molar-refractivity contribution < 1.29 is 9.59 Å². The van der Waals surface area contributed by atoms with Crippen molar-refractivity contribution in [1.82, 2.24) is 0 Å². The van der Waals surface area contributed by atoms with Crippen molar-refractivity contribution in [2.24, 2.45) is 5.73 Å². The summed E-state index contributed by atoms with van der Waals surface area (Å²) in [5.41, 5.74) is 8.19. The molecular weight excluding hydrogens is 362 g/mol. The third kappa shape index (κ3) is 7.41. The van der Waals surface area contributed by atoms with Crippen molar-refractivity contribution in [3.63, 3.8) is 0 Å². The fourth-order valence-corrected chi connectivity index (χ4v) is 2.73. The highest BCUT2D eigenvalue weighted by molar-refractivity contribution is 6.06. The molecular formula is C21H28ClN3O2. The molecule has 0 radical (unpaired) electrons. The summed E-state index contributed by atoms with van der Waals surface area (Å²) in [4.78, 5) is 24.6. The van der Waals surface area contributed by atoms with Gasteiger partial charge in [-0.1, -0.05) is 37.1 Å². The Morgan fingerprint density at radius 3 is 2.30 bits per heavy atom. The molecule has 0 fully saturated rings. The second-order valence-corrected chi connectivity index (χ2v) is 6.30. The van der Waals surface area contributed by atoms with Crippen LogP contribution in [0.1, 0.15) is 48.0 Å². The molecule has 0 bridgehead atoms. The molecule has 0 heterocycles. The number of halogens is 1. The van der Waals surface area contributed by atoms with E-state index in [1.807, 2.05) is 43.3 Å². The average molecular weight is 390 g/mol. The van der Waals surface area contributed by atoms with Crippen molar-refractivity contribution in [2.45, 2.75) is 39.0 Å². The number of benzene rings is 2. The van der Waals surface area contributed by atoms with E-state index in [1.165, 1.54) is 0 Å². The Morgan fingerprint density at radius 1 is 0.889 bits per heavy atom. The molecule has 2 amide bonds. The standard InChI is InChI=1S/C21H27N3O2.ClH/c1-16-18(21(26)23-17-10-5-4-6-11-17)12-9-13-19(16)24-20(25)14-7-2-3-8-15-22;/h4-6,9-13H,2-3,7-8,14-15,22H2,1H3,(H,23,26)(H,24,25);1H. The molecule has 6 heteroatoms. The second kappa shape index (κ2) is 12.1. The predicted molar refractivity (Wildman–Crippen MR) is 114 cm³/mol. The number of para-hydroxylation sites is 1. The van der Waals surface area contributed by atoms with Crippen molar-refractivity contribution in [2.75, 3.05) is 17.2 Å². The van der Waals surface area contributed by atoms with E-state index in [-0.39, 0.29) is 24.2 Å². The topological polar surface area (TPSA) is 84.2 Å². The predicted octanol–water partition coefficient (Wildman–Crippen LogP) is 4.52. The van der Waals surface area contributed by atoms with Crippen molar-refractivity contribution in [3.05, 3.63) is 59.7 Å². The maximum atomic E-state index is 12.5. The van der Waals surface area contributed by atoms with E-state index in [1.54, 1.807) is 12.1 Å². The molecule has 0 aliphatic carbocycles. The van der Waals surface area contributed by atoms with Gasteiger partial charge in [0.25, 0.3) is 5.91 Å². The van der Waals surface area contributed by atoms with Gasteiger partial charge in [-0.3, -0.25) is 9.59 Å². The molecule has 2 aromatic carbocycles. The van der Waals surface area contributed by atoms with Crippen LogP contribution in [0.15, 0.2) is 48.5 Å². The summed E-state index contributed by atoms with van der Waals surface area (Å²) in [5, 5.41) is 5.79. The number of anilines is 2. The van der Waals surface area contributed by atoms with Gasteiger partial charge in [-0.2, -0.15) is 0 Å². The summed E-state index contributed by atoms with van der Waals surface area (Å²) in [6, 6.07) is 14.7. The zero-order valence-corrected chi connectivity index (χ0v) is 16.5. The monoisotopic (exact) mass is 389 g/mol. The van der Waals surface area contributed by atoms with Crippen LogP contribution in [0.25, 0.3) is 0 Å². The number of carbonyl (C=O) groups excluding carboxylic acids is 2. The molecule has 0 aliphatic rings. The first-order valence-electron chi connectivity index (χ1n) is 9.07. The van der Waals surface area contributed by atoms with Crippen LogP contribution in [0, 0.1) is 6.92 Å². The quantitative estimate of drug-likeness (QED) is 0.551.